The molecule has 0 amide bonds. The predicted octanol–water partition coefficient (Wildman–Crippen LogP) is 6.34. The Bertz CT molecular complexity index is 1650. The molecule has 1 aliphatic rings. The van der Waals surface area contributed by atoms with Gasteiger partial charge in [0, 0.05) is 34.0 Å². The van der Waals surface area contributed by atoms with Crippen LogP contribution in [0.25, 0.3) is 43.7 Å². The van der Waals surface area contributed by atoms with E-state index in [1.165, 1.54) is 6.42 Å². The van der Waals surface area contributed by atoms with Crippen LogP contribution >= 0.6 is 11.6 Å². The normalized spacial score (nSPS) is 15.2. The van der Waals surface area contributed by atoms with Crippen LogP contribution in [0.5, 0.6) is 0 Å². The van der Waals surface area contributed by atoms with Crippen molar-refractivity contribution in [2.45, 2.75) is 38.1 Å². The standard InChI is InChI=1S/C26H21ClN2O3/c27-14-10-11-18-20(12-14)32-21-13-19(28-15-6-2-1-3-7-15)22-23(24(21)29-18)26(31)17-9-5-4-8-16(17)25(22)30/h4-5,8-13,15,28-29H,1-3,6-7H2. The smallest absolute Gasteiger partial charge is 0.196 e. The summed E-state index contributed by atoms with van der Waals surface area (Å²) in [6.45, 7) is 0. The molecule has 6 heteroatoms. The summed E-state index contributed by atoms with van der Waals surface area (Å²) in [7, 11) is 0. The fourth-order valence-corrected chi connectivity index (χ4v) is 5.15. The Balaban J connectivity index is 1.76. The second-order valence-corrected chi connectivity index (χ2v) is 9.03. The van der Waals surface area contributed by atoms with Gasteiger partial charge in [0.15, 0.2) is 22.0 Å². The zero-order valence-corrected chi connectivity index (χ0v) is 18.1. The van der Waals surface area contributed by atoms with Gasteiger partial charge in [-0.05, 0) is 25.0 Å². The molecule has 0 aliphatic heterocycles. The van der Waals surface area contributed by atoms with Gasteiger partial charge in [-0.25, -0.2) is 0 Å². The highest BCUT2D eigenvalue weighted by molar-refractivity contribution is 6.31. The van der Waals surface area contributed by atoms with Gasteiger partial charge in [-0.3, -0.25) is 9.59 Å². The quantitative estimate of drug-likeness (QED) is 0.246. The van der Waals surface area contributed by atoms with E-state index >= 15 is 0 Å². The molecule has 0 bridgehead atoms. The van der Waals surface area contributed by atoms with Gasteiger partial charge in [0.05, 0.1) is 27.5 Å². The van der Waals surface area contributed by atoms with Crippen molar-refractivity contribution in [3.63, 3.8) is 0 Å². The van der Waals surface area contributed by atoms with Crippen LogP contribution in [0.15, 0.2) is 62.5 Å². The lowest BCUT2D eigenvalue weighted by atomic mass is 9.94. The van der Waals surface area contributed by atoms with E-state index in [0.717, 1.165) is 25.7 Å². The summed E-state index contributed by atoms with van der Waals surface area (Å²) < 4.78 is 6.18. The van der Waals surface area contributed by atoms with Gasteiger partial charge in [0.2, 0.25) is 0 Å². The lowest BCUT2D eigenvalue weighted by molar-refractivity contribution is 0.463. The number of H-pyrrole nitrogens is 1. The number of fused-ring (bicyclic) bond motifs is 5. The minimum absolute atomic E-state index is 0.139. The van der Waals surface area contributed by atoms with Crippen LogP contribution in [0.2, 0.25) is 5.02 Å². The van der Waals surface area contributed by atoms with Gasteiger partial charge in [-0.15, -0.1) is 0 Å². The summed E-state index contributed by atoms with van der Waals surface area (Å²) in [5.74, 6) is 0. The van der Waals surface area contributed by atoms with Gasteiger partial charge < -0.3 is 14.7 Å². The second kappa shape index (κ2) is 7.38. The Labute approximate surface area is 188 Å². The molecular formula is C26H21ClN2O3. The molecule has 4 aromatic carbocycles. The number of nitrogens with one attached hydrogen (secondary N) is 2. The number of aromatic amines is 1. The molecule has 32 heavy (non-hydrogen) atoms. The monoisotopic (exact) mass is 444 g/mol. The molecule has 1 aromatic heterocycles. The molecule has 1 aliphatic carbocycles. The Hall–Kier alpha value is -3.31. The molecule has 0 atom stereocenters. The second-order valence-electron chi connectivity index (χ2n) is 8.60. The van der Waals surface area contributed by atoms with Crippen LogP contribution in [-0.2, 0) is 0 Å². The molecule has 1 saturated carbocycles. The van der Waals surface area contributed by atoms with Gasteiger partial charge in [0.25, 0.3) is 0 Å². The molecule has 0 spiro atoms. The molecule has 160 valence electrons. The molecule has 1 heterocycles. The van der Waals surface area contributed by atoms with Crippen molar-refractivity contribution in [1.29, 1.82) is 0 Å². The fraction of sp³-hybridized carbons (Fsp3) is 0.231. The summed E-state index contributed by atoms with van der Waals surface area (Å²) >= 11 is 6.16. The zero-order chi connectivity index (χ0) is 21.8. The van der Waals surface area contributed by atoms with Crippen molar-refractivity contribution in [1.82, 2.24) is 4.98 Å². The highest BCUT2D eigenvalue weighted by Crippen LogP contribution is 2.33. The van der Waals surface area contributed by atoms with Gasteiger partial charge in [-0.1, -0.05) is 55.1 Å². The maximum Gasteiger partial charge on any atom is 0.196 e. The number of rotatable bonds is 2. The van der Waals surface area contributed by atoms with Crippen LogP contribution in [0.3, 0.4) is 0 Å². The Morgan fingerprint density at radius 3 is 2.34 bits per heavy atom. The van der Waals surface area contributed by atoms with Crippen LogP contribution in [0.4, 0.5) is 5.69 Å². The van der Waals surface area contributed by atoms with Crippen molar-refractivity contribution in [2.24, 2.45) is 0 Å². The fourth-order valence-electron chi connectivity index (χ4n) is 4.99. The van der Waals surface area contributed by atoms with Gasteiger partial charge >= 0.3 is 0 Å². The van der Waals surface area contributed by atoms with Crippen LogP contribution < -0.4 is 16.2 Å². The van der Waals surface area contributed by atoms with Crippen LogP contribution in [0, 0.1) is 0 Å². The summed E-state index contributed by atoms with van der Waals surface area (Å²) in [6, 6.07) is 14.4. The number of aromatic nitrogens is 1. The molecule has 5 nitrogen and oxygen atoms in total. The molecular weight excluding hydrogens is 424 g/mol. The third-order valence-corrected chi connectivity index (χ3v) is 6.78. The Morgan fingerprint density at radius 1 is 0.875 bits per heavy atom. The summed E-state index contributed by atoms with van der Waals surface area (Å²) in [5.41, 5.74) is 2.67. The third-order valence-electron chi connectivity index (χ3n) is 6.55. The first-order valence-electron chi connectivity index (χ1n) is 11.0. The van der Waals surface area contributed by atoms with E-state index in [1.807, 2.05) is 12.1 Å². The van der Waals surface area contributed by atoms with E-state index in [2.05, 4.69) is 10.3 Å². The lowest BCUT2D eigenvalue weighted by Crippen LogP contribution is -2.24. The molecule has 1 fully saturated rings. The maximum absolute atomic E-state index is 13.6. The minimum Gasteiger partial charge on any atom is -0.453 e. The van der Waals surface area contributed by atoms with E-state index in [9.17, 15) is 9.59 Å². The van der Waals surface area contributed by atoms with Crippen LogP contribution in [-0.4, -0.2) is 11.0 Å². The number of hydrogen-bond acceptors (Lipinski definition) is 4. The highest BCUT2D eigenvalue weighted by atomic mass is 35.5. The van der Waals surface area contributed by atoms with E-state index in [-0.39, 0.29) is 16.9 Å². The summed E-state index contributed by atoms with van der Waals surface area (Å²) in [4.78, 5) is 30.6. The third kappa shape index (κ3) is 3.00. The topological polar surface area (TPSA) is 75.1 Å². The number of anilines is 1. The molecule has 5 aromatic rings. The number of hydrogen-bond donors (Lipinski definition) is 2. The number of benzene rings is 4. The first-order valence-corrected chi connectivity index (χ1v) is 11.4. The Kier molecular flexibility index (Phi) is 4.47. The molecule has 6 rings (SSSR count). The molecule has 0 radical (unpaired) electrons. The van der Waals surface area contributed by atoms with Crippen molar-refractivity contribution < 1.29 is 4.42 Å². The summed E-state index contributed by atoms with van der Waals surface area (Å²) in [5, 5.41) is 5.79. The van der Waals surface area contributed by atoms with E-state index in [4.69, 9.17) is 16.0 Å². The largest absolute Gasteiger partial charge is 0.453 e. The van der Waals surface area contributed by atoms with Crippen molar-refractivity contribution in [2.75, 3.05) is 5.32 Å². The van der Waals surface area contributed by atoms with E-state index in [1.54, 1.807) is 36.4 Å². The van der Waals surface area contributed by atoms with Gasteiger partial charge in [0.1, 0.15) is 0 Å². The number of halogens is 1. The van der Waals surface area contributed by atoms with Crippen molar-refractivity contribution >= 4 is 61.0 Å². The highest BCUT2D eigenvalue weighted by Gasteiger charge is 2.21. The van der Waals surface area contributed by atoms with Crippen molar-refractivity contribution in [3.8, 4) is 0 Å². The average Bonchev–Trinajstić information content (AvgIpc) is 2.81. The average molecular weight is 445 g/mol. The SMILES string of the molecule is O=c1c2ccccc2c(=O)c2c1c(NC1CCCCC1)cc1oc3cc(Cl)ccc3[nH]c12. The molecule has 2 N–H and O–H groups in total. The summed E-state index contributed by atoms with van der Waals surface area (Å²) in [6.07, 6.45) is 5.63. The molecule has 0 saturated heterocycles. The lowest BCUT2D eigenvalue weighted by Gasteiger charge is -2.24. The first-order chi connectivity index (χ1) is 15.6. The maximum atomic E-state index is 13.6. The Morgan fingerprint density at radius 2 is 1.59 bits per heavy atom. The predicted molar refractivity (Wildman–Crippen MR) is 131 cm³/mol. The molecule has 0 unspecified atom stereocenters. The zero-order valence-electron chi connectivity index (χ0n) is 17.3. The van der Waals surface area contributed by atoms with Crippen LogP contribution in [0.1, 0.15) is 32.1 Å². The first kappa shape index (κ1) is 19.4. The van der Waals surface area contributed by atoms with E-state index < -0.39 is 0 Å². The van der Waals surface area contributed by atoms with Gasteiger partial charge in [-0.2, -0.15) is 0 Å². The van der Waals surface area contributed by atoms with E-state index in [0.29, 0.717) is 54.5 Å². The van der Waals surface area contributed by atoms with Crippen molar-refractivity contribution in [3.05, 3.63) is 74.0 Å². The minimum atomic E-state index is -0.174.